The van der Waals surface area contributed by atoms with E-state index in [1.54, 1.807) is 35.2 Å². The van der Waals surface area contributed by atoms with E-state index < -0.39 is 10.0 Å². The fourth-order valence-electron chi connectivity index (χ4n) is 2.97. The second kappa shape index (κ2) is 7.94. The molecule has 150 valence electrons. The Morgan fingerprint density at radius 2 is 1.72 bits per heavy atom. The highest BCUT2D eigenvalue weighted by atomic mass is 35.5. The van der Waals surface area contributed by atoms with Gasteiger partial charge in [-0.1, -0.05) is 29.8 Å². The fraction of sp³-hybridized carbons (Fsp3) is 0.211. The number of benzene rings is 2. The normalized spacial score (nSPS) is 14.7. The van der Waals surface area contributed by atoms with Gasteiger partial charge in [0.15, 0.2) is 11.0 Å². The maximum atomic E-state index is 12.9. The summed E-state index contributed by atoms with van der Waals surface area (Å²) in [6, 6.07) is 12.8. The smallest absolute Gasteiger partial charge is 0.263 e. The monoisotopic (exact) mass is 432 g/mol. The van der Waals surface area contributed by atoms with Gasteiger partial charge < -0.3 is 9.64 Å². The standard InChI is InChI=1S/C19H17ClN4O4S/c20-17-18(22-16-7-2-1-6-15(16)21-17)23-29(26,27)14-5-3-4-13(12-14)19(25)24-8-10-28-11-9-24/h1-7,12H,8-11H2,(H,22,23). The number of ether oxygens (including phenoxy) is 1. The lowest BCUT2D eigenvalue weighted by Gasteiger charge is -2.27. The number of fused-ring (bicyclic) bond motifs is 1. The summed E-state index contributed by atoms with van der Waals surface area (Å²) in [4.78, 5) is 22.6. The highest BCUT2D eigenvalue weighted by molar-refractivity contribution is 7.92. The lowest BCUT2D eigenvalue weighted by Crippen LogP contribution is -2.40. The molecule has 1 amide bonds. The molecule has 1 N–H and O–H groups in total. The van der Waals surface area contributed by atoms with Crippen molar-refractivity contribution in [3.05, 3.63) is 59.2 Å². The van der Waals surface area contributed by atoms with Crippen LogP contribution in [0.2, 0.25) is 5.15 Å². The van der Waals surface area contributed by atoms with Crippen molar-refractivity contribution in [1.29, 1.82) is 0 Å². The average molecular weight is 433 g/mol. The van der Waals surface area contributed by atoms with E-state index in [-0.39, 0.29) is 27.3 Å². The number of anilines is 1. The van der Waals surface area contributed by atoms with Gasteiger partial charge in [0, 0.05) is 18.7 Å². The summed E-state index contributed by atoms with van der Waals surface area (Å²) in [7, 11) is -4.02. The van der Waals surface area contributed by atoms with Gasteiger partial charge in [0.1, 0.15) is 0 Å². The molecule has 0 saturated carbocycles. The first kappa shape index (κ1) is 19.6. The van der Waals surface area contributed by atoms with Crippen LogP contribution in [0.25, 0.3) is 11.0 Å². The summed E-state index contributed by atoms with van der Waals surface area (Å²) >= 11 is 6.11. The summed E-state index contributed by atoms with van der Waals surface area (Å²) in [6.45, 7) is 1.86. The number of sulfonamides is 1. The molecule has 1 saturated heterocycles. The van der Waals surface area contributed by atoms with Gasteiger partial charge in [0.05, 0.1) is 29.1 Å². The summed E-state index contributed by atoms with van der Waals surface area (Å²) in [5.74, 6) is -0.316. The van der Waals surface area contributed by atoms with E-state index in [0.717, 1.165) is 0 Å². The van der Waals surface area contributed by atoms with Crippen LogP contribution in [-0.2, 0) is 14.8 Å². The van der Waals surface area contributed by atoms with E-state index in [0.29, 0.717) is 37.3 Å². The highest BCUT2D eigenvalue weighted by Crippen LogP contribution is 2.24. The number of hydrogen-bond donors (Lipinski definition) is 1. The molecule has 8 nitrogen and oxygen atoms in total. The molecule has 0 unspecified atom stereocenters. The summed E-state index contributed by atoms with van der Waals surface area (Å²) in [5.41, 5.74) is 1.34. The van der Waals surface area contributed by atoms with Crippen molar-refractivity contribution in [2.45, 2.75) is 4.90 Å². The molecule has 1 aromatic heterocycles. The summed E-state index contributed by atoms with van der Waals surface area (Å²) in [5, 5.41) is -0.0622. The molecule has 0 radical (unpaired) electrons. The first-order valence-corrected chi connectivity index (χ1v) is 10.7. The van der Waals surface area contributed by atoms with Gasteiger partial charge in [-0.2, -0.15) is 0 Å². The highest BCUT2D eigenvalue weighted by Gasteiger charge is 2.22. The number of amides is 1. The van der Waals surface area contributed by atoms with Crippen LogP contribution in [-0.4, -0.2) is 55.5 Å². The first-order valence-electron chi connectivity index (χ1n) is 8.86. The van der Waals surface area contributed by atoms with Crippen LogP contribution in [0.5, 0.6) is 0 Å². The molecule has 0 bridgehead atoms. The second-order valence-electron chi connectivity index (χ2n) is 6.39. The predicted octanol–water partition coefficient (Wildman–Crippen LogP) is 2.56. The van der Waals surface area contributed by atoms with Crippen molar-refractivity contribution in [3.8, 4) is 0 Å². The largest absolute Gasteiger partial charge is 0.378 e. The molecule has 1 aliphatic rings. The number of nitrogens with one attached hydrogen (secondary N) is 1. The third kappa shape index (κ3) is 4.16. The zero-order valence-electron chi connectivity index (χ0n) is 15.2. The van der Waals surface area contributed by atoms with Crippen LogP contribution in [0.1, 0.15) is 10.4 Å². The Morgan fingerprint density at radius 3 is 2.45 bits per heavy atom. The Balaban J connectivity index is 1.62. The number of halogens is 1. The van der Waals surface area contributed by atoms with Gasteiger partial charge >= 0.3 is 0 Å². The lowest BCUT2D eigenvalue weighted by atomic mass is 10.2. The van der Waals surface area contributed by atoms with Crippen molar-refractivity contribution in [3.63, 3.8) is 0 Å². The van der Waals surface area contributed by atoms with E-state index >= 15 is 0 Å². The fourth-order valence-corrected chi connectivity index (χ4v) is 4.27. The van der Waals surface area contributed by atoms with E-state index in [1.807, 2.05) is 0 Å². The van der Waals surface area contributed by atoms with Crippen molar-refractivity contribution >= 4 is 44.4 Å². The SMILES string of the molecule is O=C(c1cccc(S(=O)(=O)Nc2nc3ccccc3nc2Cl)c1)N1CCOCC1. The Kier molecular flexibility index (Phi) is 5.35. The number of carbonyl (C=O) groups excluding carboxylic acids is 1. The van der Waals surface area contributed by atoms with Gasteiger partial charge in [-0.15, -0.1) is 0 Å². The van der Waals surface area contributed by atoms with E-state index in [9.17, 15) is 13.2 Å². The molecular formula is C19H17ClN4O4S. The van der Waals surface area contributed by atoms with E-state index in [4.69, 9.17) is 16.3 Å². The van der Waals surface area contributed by atoms with Gasteiger partial charge in [-0.3, -0.25) is 9.52 Å². The Hall–Kier alpha value is -2.75. The van der Waals surface area contributed by atoms with E-state index in [1.165, 1.54) is 18.2 Å². The van der Waals surface area contributed by atoms with Gasteiger partial charge in [0.25, 0.3) is 15.9 Å². The van der Waals surface area contributed by atoms with Gasteiger partial charge in [-0.05, 0) is 30.3 Å². The molecule has 0 aliphatic carbocycles. The van der Waals surface area contributed by atoms with Gasteiger partial charge in [-0.25, -0.2) is 18.4 Å². The molecule has 1 fully saturated rings. The summed E-state index contributed by atoms with van der Waals surface area (Å²) < 4.78 is 33.3. The van der Waals surface area contributed by atoms with Crippen molar-refractivity contribution < 1.29 is 17.9 Å². The summed E-state index contributed by atoms with van der Waals surface area (Å²) in [6.07, 6.45) is 0. The Labute approximate surface area is 172 Å². The topological polar surface area (TPSA) is 101 Å². The lowest BCUT2D eigenvalue weighted by molar-refractivity contribution is 0.0302. The number of carbonyl (C=O) groups is 1. The van der Waals surface area contributed by atoms with Crippen LogP contribution < -0.4 is 4.72 Å². The van der Waals surface area contributed by atoms with Crippen molar-refractivity contribution in [1.82, 2.24) is 14.9 Å². The minimum Gasteiger partial charge on any atom is -0.378 e. The second-order valence-corrected chi connectivity index (χ2v) is 8.43. The maximum Gasteiger partial charge on any atom is 0.263 e. The molecule has 2 heterocycles. The minimum atomic E-state index is -4.02. The molecule has 4 rings (SSSR count). The van der Waals surface area contributed by atoms with E-state index in [2.05, 4.69) is 14.7 Å². The number of hydrogen-bond acceptors (Lipinski definition) is 6. The van der Waals surface area contributed by atoms with Gasteiger partial charge in [0.2, 0.25) is 0 Å². The molecule has 3 aromatic rings. The molecule has 2 aromatic carbocycles. The third-order valence-electron chi connectivity index (χ3n) is 4.45. The van der Waals surface area contributed by atoms with Crippen molar-refractivity contribution in [2.24, 2.45) is 0 Å². The number of aromatic nitrogens is 2. The Bertz CT molecular complexity index is 1180. The van der Waals surface area contributed by atoms with Crippen LogP contribution >= 0.6 is 11.6 Å². The van der Waals surface area contributed by atoms with Crippen LogP contribution in [0.3, 0.4) is 0 Å². The molecule has 10 heteroatoms. The number of rotatable bonds is 4. The number of nitrogens with zero attached hydrogens (tertiary/aromatic N) is 3. The molecule has 1 aliphatic heterocycles. The molecule has 0 spiro atoms. The Morgan fingerprint density at radius 1 is 1.03 bits per heavy atom. The van der Waals surface area contributed by atoms with Crippen molar-refractivity contribution in [2.75, 3.05) is 31.0 Å². The zero-order valence-corrected chi connectivity index (χ0v) is 16.8. The number of para-hydroxylation sites is 2. The first-order chi connectivity index (χ1) is 13.9. The zero-order chi connectivity index (χ0) is 20.4. The third-order valence-corrected chi connectivity index (χ3v) is 6.05. The van der Waals surface area contributed by atoms with Crippen LogP contribution in [0.15, 0.2) is 53.4 Å². The minimum absolute atomic E-state index is 0.0622. The van der Waals surface area contributed by atoms with Crippen LogP contribution in [0, 0.1) is 0 Å². The average Bonchev–Trinajstić information content (AvgIpc) is 2.74. The molecule has 29 heavy (non-hydrogen) atoms. The predicted molar refractivity (Wildman–Crippen MR) is 109 cm³/mol. The quantitative estimate of drug-likeness (QED) is 0.679. The molecular weight excluding hydrogens is 416 g/mol. The molecule has 0 atom stereocenters. The van der Waals surface area contributed by atoms with Crippen LogP contribution in [0.4, 0.5) is 5.82 Å². The number of morpholine rings is 1. The maximum absolute atomic E-state index is 12.9.